The van der Waals surface area contributed by atoms with Gasteiger partial charge in [-0.1, -0.05) is 30.1 Å². The monoisotopic (exact) mass is 285 g/mol. The molecule has 0 aliphatic rings. The summed E-state index contributed by atoms with van der Waals surface area (Å²) in [5.41, 5.74) is 1.06. The summed E-state index contributed by atoms with van der Waals surface area (Å²) in [6.45, 7) is 2.74. The fraction of sp³-hybridized carbons (Fsp3) is 0.333. The van der Waals surface area contributed by atoms with E-state index in [0.29, 0.717) is 28.0 Å². The molecule has 6 heteroatoms. The summed E-state index contributed by atoms with van der Waals surface area (Å²) in [6, 6.07) is 3.36. The Morgan fingerprint density at radius 1 is 1.33 bits per heavy atom. The van der Waals surface area contributed by atoms with Crippen LogP contribution in [-0.2, 0) is 6.54 Å². The highest BCUT2D eigenvalue weighted by Crippen LogP contribution is 2.27. The van der Waals surface area contributed by atoms with E-state index in [4.69, 9.17) is 23.2 Å². The summed E-state index contributed by atoms with van der Waals surface area (Å²) in [6.07, 6.45) is 3.04. The van der Waals surface area contributed by atoms with Gasteiger partial charge in [-0.3, -0.25) is 9.67 Å². The number of nitrogens with zero attached hydrogens (tertiary/aromatic N) is 3. The largest absolute Gasteiger partial charge is 0.380 e. The first-order valence-electron chi connectivity index (χ1n) is 5.64. The van der Waals surface area contributed by atoms with Gasteiger partial charge in [-0.25, -0.2) is 0 Å². The van der Waals surface area contributed by atoms with Gasteiger partial charge in [-0.2, -0.15) is 5.10 Å². The van der Waals surface area contributed by atoms with Crippen LogP contribution in [-0.4, -0.2) is 19.9 Å². The van der Waals surface area contributed by atoms with Crippen LogP contribution in [0.1, 0.15) is 30.8 Å². The Hall–Kier alpha value is -1.10. The lowest BCUT2D eigenvalue weighted by molar-refractivity contribution is 0.202. The van der Waals surface area contributed by atoms with E-state index in [2.05, 4.69) is 10.1 Å². The van der Waals surface area contributed by atoms with Crippen molar-refractivity contribution in [2.24, 2.45) is 0 Å². The first kappa shape index (κ1) is 13.3. The molecule has 1 unspecified atom stereocenters. The molecule has 0 amide bonds. The lowest BCUT2D eigenvalue weighted by atomic mass is 10.1. The van der Waals surface area contributed by atoms with Crippen molar-refractivity contribution in [3.63, 3.8) is 0 Å². The van der Waals surface area contributed by atoms with E-state index in [1.807, 2.05) is 6.92 Å². The van der Waals surface area contributed by atoms with E-state index in [1.54, 1.807) is 16.8 Å². The number of hydrogen-bond acceptors (Lipinski definition) is 3. The van der Waals surface area contributed by atoms with Gasteiger partial charge in [0, 0.05) is 12.7 Å². The number of rotatable bonds is 4. The molecular formula is C12H13Cl2N3O. The smallest absolute Gasteiger partial charge is 0.139 e. The molecule has 96 valence electrons. The SMILES string of the molecule is CCCn1ncc(Cl)c1C(O)c1ccc(Cl)cn1. The predicted molar refractivity (Wildman–Crippen MR) is 70.8 cm³/mol. The Balaban J connectivity index is 2.35. The molecule has 0 spiro atoms. The molecule has 2 aromatic rings. The normalized spacial score (nSPS) is 12.7. The van der Waals surface area contributed by atoms with Gasteiger partial charge in [-0.15, -0.1) is 0 Å². The van der Waals surface area contributed by atoms with E-state index in [9.17, 15) is 5.11 Å². The maximum absolute atomic E-state index is 10.3. The molecule has 1 atom stereocenters. The molecule has 0 aliphatic heterocycles. The average molecular weight is 286 g/mol. The van der Waals surface area contributed by atoms with Gasteiger partial charge in [0.1, 0.15) is 6.10 Å². The quantitative estimate of drug-likeness (QED) is 0.939. The van der Waals surface area contributed by atoms with Gasteiger partial charge >= 0.3 is 0 Å². The topological polar surface area (TPSA) is 50.9 Å². The van der Waals surface area contributed by atoms with Gasteiger partial charge in [0.25, 0.3) is 0 Å². The second-order valence-electron chi connectivity index (χ2n) is 3.90. The Bertz CT molecular complexity index is 525. The van der Waals surface area contributed by atoms with E-state index in [0.717, 1.165) is 6.42 Å². The van der Waals surface area contributed by atoms with Crippen LogP contribution in [0.5, 0.6) is 0 Å². The van der Waals surface area contributed by atoms with Crippen molar-refractivity contribution in [3.05, 3.63) is 46.0 Å². The Morgan fingerprint density at radius 3 is 2.72 bits per heavy atom. The summed E-state index contributed by atoms with van der Waals surface area (Å²) < 4.78 is 1.70. The molecule has 0 aromatic carbocycles. The van der Waals surface area contributed by atoms with Crippen molar-refractivity contribution in [1.82, 2.24) is 14.8 Å². The number of hydrogen-bond donors (Lipinski definition) is 1. The van der Waals surface area contributed by atoms with Crippen molar-refractivity contribution in [2.75, 3.05) is 0 Å². The van der Waals surface area contributed by atoms with Crippen LogP contribution in [0, 0.1) is 0 Å². The molecule has 2 rings (SSSR count). The summed E-state index contributed by atoms with van der Waals surface area (Å²) >= 11 is 11.8. The van der Waals surface area contributed by atoms with Crippen molar-refractivity contribution < 1.29 is 5.11 Å². The zero-order chi connectivity index (χ0) is 13.1. The number of aryl methyl sites for hydroxylation is 1. The molecule has 0 bridgehead atoms. The lowest BCUT2D eigenvalue weighted by Gasteiger charge is -2.13. The highest BCUT2D eigenvalue weighted by Gasteiger charge is 2.20. The maximum Gasteiger partial charge on any atom is 0.139 e. The lowest BCUT2D eigenvalue weighted by Crippen LogP contribution is -2.11. The Labute approximate surface area is 115 Å². The van der Waals surface area contributed by atoms with Gasteiger partial charge < -0.3 is 5.11 Å². The van der Waals surface area contributed by atoms with Crippen molar-refractivity contribution in [3.8, 4) is 0 Å². The van der Waals surface area contributed by atoms with Crippen molar-refractivity contribution >= 4 is 23.2 Å². The van der Waals surface area contributed by atoms with E-state index in [-0.39, 0.29) is 0 Å². The van der Waals surface area contributed by atoms with Gasteiger partial charge in [0.15, 0.2) is 0 Å². The van der Waals surface area contributed by atoms with Crippen LogP contribution in [0.4, 0.5) is 0 Å². The molecule has 1 N–H and O–H groups in total. The summed E-state index contributed by atoms with van der Waals surface area (Å²) in [4.78, 5) is 4.09. The van der Waals surface area contributed by atoms with Crippen LogP contribution in [0.3, 0.4) is 0 Å². The van der Waals surface area contributed by atoms with Gasteiger partial charge in [0.05, 0.1) is 27.6 Å². The van der Waals surface area contributed by atoms with Crippen LogP contribution >= 0.6 is 23.2 Å². The molecule has 4 nitrogen and oxygen atoms in total. The molecule has 0 aliphatic carbocycles. The molecule has 0 fully saturated rings. The summed E-state index contributed by atoms with van der Waals surface area (Å²) in [5.74, 6) is 0. The highest BCUT2D eigenvalue weighted by atomic mass is 35.5. The van der Waals surface area contributed by atoms with E-state index >= 15 is 0 Å². The second-order valence-corrected chi connectivity index (χ2v) is 4.75. The molecule has 0 radical (unpaired) electrons. The summed E-state index contributed by atoms with van der Waals surface area (Å²) in [5, 5.41) is 15.4. The predicted octanol–water partition coefficient (Wildman–Crippen LogP) is 3.08. The average Bonchev–Trinajstić information content (AvgIpc) is 2.71. The molecule has 0 saturated heterocycles. The van der Waals surface area contributed by atoms with E-state index in [1.165, 1.54) is 12.4 Å². The third-order valence-corrected chi connectivity index (χ3v) is 3.07. The third-order valence-electron chi connectivity index (χ3n) is 2.56. The first-order chi connectivity index (χ1) is 8.63. The minimum Gasteiger partial charge on any atom is -0.380 e. The van der Waals surface area contributed by atoms with Crippen molar-refractivity contribution in [2.45, 2.75) is 26.0 Å². The second kappa shape index (κ2) is 5.69. The minimum absolute atomic E-state index is 0.438. The number of aliphatic hydroxyl groups is 1. The molecule has 2 aromatic heterocycles. The fourth-order valence-corrected chi connectivity index (χ4v) is 2.08. The molecule has 0 saturated carbocycles. The number of pyridine rings is 1. The minimum atomic E-state index is -0.899. The molecule has 18 heavy (non-hydrogen) atoms. The zero-order valence-electron chi connectivity index (χ0n) is 9.85. The molecule has 2 heterocycles. The van der Waals surface area contributed by atoms with Crippen LogP contribution in [0.2, 0.25) is 10.0 Å². The zero-order valence-corrected chi connectivity index (χ0v) is 11.4. The van der Waals surface area contributed by atoms with Crippen LogP contribution in [0.25, 0.3) is 0 Å². The maximum atomic E-state index is 10.3. The number of halogens is 2. The standard InChI is InChI=1S/C12H13Cl2N3O/c1-2-5-17-11(9(14)7-16-17)12(18)10-4-3-8(13)6-15-10/h3-4,6-7,12,18H,2,5H2,1H3. The summed E-state index contributed by atoms with van der Waals surface area (Å²) in [7, 11) is 0. The Kier molecular flexibility index (Phi) is 4.22. The van der Waals surface area contributed by atoms with E-state index < -0.39 is 6.10 Å². The van der Waals surface area contributed by atoms with Gasteiger partial charge in [-0.05, 0) is 18.6 Å². The Morgan fingerprint density at radius 2 is 2.11 bits per heavy atom. The number of aromatic nitrogens is 3. The fourth-order valence-electron chi connectivity index (χ4n) is 1.72. The molecular weight excluding hydrogens is 273 g/mol. The van der Waals surface area contributed by atoms with Crippen LogP contribution in [0.15, 0.2) is 24.5 Å². The number of aliphatic hydroxyl groups excluding tert-OH is 1. The first-order valence-corrected chi connectivity index (χ1v) is 6.39. The van der Waals surface area contributed by atoms with Crippen molar-refractivity contribution in [1.29, 1.82) is 0 Å². The highest BCUT2D eigenvalue weighted by molar-refractivity contribution is 6.31. The van der Waals surface area contributed by atoms with Gasteiger partial charge in [0.2, 0.25) is 0 Å². The van der Waals surface area contributed by atoms with Crippen LogP contribution < -0.4 is 0 Å². The third kappa shape index (κ3) is 2.66.